The van der Waals surface area contributed by atoms with Crippen LogP contribution in [0.2, 0.25) is 0 Å². The minimum absolute atomic E-state index is 0.0387. The molecule has 0 saturated carbocycles. The van der Waals surface area contributed by atoms with Crippen LogP contribution in [-0.2, 0) is 17.1 Å². The number of nitrogens with one attached hydrogen (secondary N) is 1. The van der Waals surface area contributed by atoms with Crippen LogP contribution < -0.4 is 5.43 Å². The minimum Gasteiger partial charge on any atom is -0.348 e. The van der Waals surface area contributed by atoms with Crippen molar-refractivity contribution in [3.63, 3.8) is 0 Å². The van der Waals surface area contributed by atoms with Crippen molar-refractivity contribution < 1.29 is 31.1 Å². The van der Waals surface area contributed by atoms with Crippen molar-refractivity contribution in [2.75, 3.05) is 13.6 Å². The average Bonchev–Trinajstić information content (AvgIpc) is 3.03. The summed E-state index contributed by atoms with van der Waals surface area (Å²) < 4.78 is 79.0. The number of aromatic nitrogens is 2. The van der Waals surface area contributed by atoms with E-state index in [1.54, 1.807) is 0 Å². The molecule has 3 rings (SSSR count). The predicted octanol–water partition coefficient (Wildman–Crippen LogP) is 2.63. The molecular formula is C15H11F6N5O. The second kappa shape index (κ2) is 6.28. The number of nitrogens with zero attached hydrogens (tertiary/aromatic N) is 4. The van der Waals surface area contributed by atoms with Crippen molar-refractivity contribution in [3.8, 4) is 5.69 Å². The zero-order valence-corrected chi connectivity index (χ0v) is 13.6. The third-order valence-electron chi connectivity index (χ3n) is 3.72. The molecule has 0 unspecified atom stereocenters. The normalized spacial score (nSPS) is 15.6. The van der Waals surface area contributed by atoms with Crippen LogP contribution in [0.5, 0.6) is 0 Å². The first-order valence-corrected chi connectivity index (χ1v) is 7.39. The molecular weight excluding hydrogens is 380 g/mol. The molecule has 0 radical (unpaired) electrons. The molecule has 1 N–H and O–H groups in total. The molecule has 0 bridgehead atoms. The van der Waals surface area contributed by atoms with Gasteiger partial charge in [-0.3, -0.25) is 4.79 Å². The fourth-order valence-electron chi connectivity index (χ4n) is 2.52. The predicted molar refractivity (Wildman–Crippen MR) is 80.9 cm³/mol. The van der Waals surface area contributed by atoms with Crippen LogP contribution in [0, 0.1) is 0 Å². The first-order chi connectivity index (χ1) is 12.5. The van der Waals surface area contributed by atoms with Crippen LogP contribution in [-0.4, -0.2) is 40.0 Å². The number of benzene rings is 1. The number of carbonyl (C=O) groups is 1. The second-order valence-corrected chi connectivity index (χ2v) is 5.70. The Balaban J connectivity index is 2.09. The highest BCUT2D eigenvalue weighted by Crippen LogP contribution is 2.35. The summed E-state index contributed by atoms with van der Waals surface area (Å²) in [5, 5.41) is 6.92. The lowest BCUT2D eigenvalue weighted by atomic mass is 10.1. The number of hydrogen-bond acceptors (Lipinski definition) is 4. The number of alkyl halides is 6. The van der Waals surface area contributed by atoms with Gasteiger partial charge in [-0.15, -0.1) is 0 Å². The highest BCUT2D eigenvalue weighted by atomic mass is 19.4. The van der Waals surface area contributed by atoms with Gasteiger partial charge in [-0.1, -0.05) is 0 Å². The minimum atomic E-state index is -4.85. The monoisotopic (exact) mass is 391 g/mol. The number of amides is 1. The third-order valence-corrected chi connectivity index (χ3v) is 3.72. The summed E-state index contributed by atoms with van der Waals surface area (Å²) in [6.45, 7) is -0.101. The molecule has 12 heteroatoms. The van der Waals surface area contributed by atoms with E-state index in [4.69, 9.17) is 0 Å². The van der Waals surface area contributed by atoms with Crippen LogP contribution in [0.3, 0.4) is 0 Å². The zero-order valence-electron chi connectivity index (χ0n) is 13.6. The largest absolute Gasteiger partial charge is 0.435 e. The Kier molecular flexibility index (Phi) is 4.36. The molecule has 0 spiro atoms. The number of amidine groups is 1. The van der Waals surface area contributed by atoms with Gasteiger partial charge in [-0.25, -0.2) is 10.1 Å². The number of halogens is 6. The van der Waals surface area contributed by atoms with E-state index in [0.29, 0.717) is 10.7 Å². The number of rotatable bonds is 2. The number of carbonyl (C=O) groups excluding carboxylic acids is 1. The third kappa shape index (κ3) is 3.73. The van der Waals surface area contributed by atoms with E-state index in [1.165, 1.54) is 18.0 Å². The number of hydrazone groups is 1. The van der Waals surface area contributed by atoms with E-state index in [9.17, 15) is 31.1 Å². The van der Waals surface area contributed by atoms with Crippen LogP contribution in [0.25, 0.3) is 5.69 Å². The fourth-order valence-corrected chi connectivity index (χ4v) is 2.52. The lowest BCUT2D eigenvalue weighted by Gasteiger charge is -2.25. The molecule has 0 fully saturated rings. The first-order valence-electron chi connectivity index (χ1n) is 7.39. The summed E-state index contributed by atoms with van der Waals surface area (Å²) in [6, 6.07) is 3.59. The Labute approximate surface area is 148 Å². The van der Waals surface area contributed by atoms with Crippen molar-refractivity contribution in [2.45, 2.75) is 12.4 Å². The summed E-state index contributed by atoms with van der Waals surface area (Å²) in [5.41, 5.74) is -0.854. The molecule has 0 aliphatic carbocycles. The quantitative estimate of drug-likeness (QED) is 0.801. The van der Waals surface area contributed by atoms with Crippen LogP contribution in [0.4, 0.5) is 26.3 Å². The van der Waals surface area contributed by atoms with Gasteiger partial charge in [0.15, 0.2) is 11.5 Å². The highest BCUT2D eigenvalue weighted by Gasteiger charge is 2.37. The molecule has 144 valence electrons. The number of likely N-dealkylation sites (N-methyl/N-ethyl adjacent to an activating group) is 1. The summed E-state index contributed by atoms with van der Waals surface area (Å²) in [7, 11) is 1.47. The molecule has 1 aromatic carbocycles. The molecule has 1 aliphatic heterocycles. The van der Waals surface area contributed by atoms with Gasteiger partial charge in [0.2, 0.25) is 0 Å². The smallest absolute Gasteiger partial charge is 0.348 e. The van der Waals surface area contributed by atoms with E-state index in [-0.39, 0.29) is 17.9 Å². The summed E-state index contributed by atoms with van der Waals surface area (Å²) >= 11 is 0. The van der Waals surface area contributed by atoms with Crippen molar-refractivity contribution in [1.29, 1.82) is 0 Å². The molecule has 27 heavy (non-hydrogen) atoms. The van der Waals surface area contributed by atoms with Gasteiger partial charge in [0, 0.05) is 18.8 Å². The van der Waals surface area contributed by atoms with E-state index in [0.717, 1.165) is 18.3 Å². The molecule has 1 amide bonds. The SMILES string of the molecule is CN1CC(=O)NN=C1c1ccc(-n2ccc(C(F)(F)F)n2)c(C(F)(F)F)c1. The zero-order chi connectivity index (χ0) is 20.0. The van der Waals surface area contributed by atoms with Gasteiger partial charge in [0.05, 0.1) is 17.8 Å². The Morgan fingerprint density at radius 2 is 1.78 bits per heavy atom. The molecule has 2 aromatic rings. The highest BCUT2D eigenvalue weighted by molar-refractivity contribution is 6.03. The number of hydrogen-bond donors (Lipinski definition) is 1. The summed E-state index contributed by atoms with van der Waals surface area (Å²) in [5.74, 6) is -0.340. The van der Waals surface area contributed by atoms with Gasteiger partial charge in [0.1, 0.15) is 0 Å². The maximum absolute atomic E-state index is 13.5. The van der Waals surface area contributed by atoms with Gasteiger partial charge >= 0.3 is 12.4 Å². The Morgan fingerprint density at radius 1 is 1.07 bits per heavy atom. The van der Waals surface area contributed by atoms with Gasteiger partial charge in [-0.05, 0) is 24.3 Å². The van der Waals surface area contributed by atoms with Gasteiger partial charge < -0.3 is 4.90 Å². The van der Waals surface area contributed by atoms with Gasteiger partial charge in [-0.2, -0.15) is 36.5 Å². The average molecular weight is 391 g/mol. The van der Waals surface area contributed by atoms with E-state index < -0.39 is 35.2 Å². The van der Waals surface area contributed by atoms with Crippen LogP contribution in [0.1, 0.15) is 16.8 Å². The summed E-state index contributed by atoms with van der Waals surface area (Å²) in [4.78, 5) is 12.6. The van der Waals surface area contributed by atoms with Crippen molar-refractivity contribution in [2.24, 2.45) is 5.10 Å². The fraction of sp³-hybridized carbons (Fsp3) is 0.267. The molecule has 6 nitrogen and oxygen atoms in total. The second-order valence-electron chi connectivity index (χ2n) is 5.70. The first kappa shape index (κ1) is 18.7. The molecule has 0 saturated heterocycles. The maximum Gasteiger partial charge on any atom is 0.435 e. The lowest BCUT2D eigenvalue weighted by molar-refractivity contribution is -0.141. The van der Waals surface area contributed by atoms with Crippen molar-refractivity contribution in [3.05, 3.63) is 47.3 Å². The molecule has 2 heterocycles. The Bertz CT molecular complexity index is 914. The van der Waals surface area contributed by atoms with Crippen LogP contribution in [0.15, 0.2) is 35.6 Å². The maximum atomic E-state index is 13.5. The topological polar surface area (TPSA) is 62.5 Å². The standard InChI is InChI=1S/C15H11F6N5O/c1-25-7-12(27)22-23-13(25)8-2-3-10(9(6-8)14(16,17)18)26-5-4-11(24-26)15(19,20)21/h2-6H,7H2,1H3,(H,22,27). The van der Waals surface area contributed by atoms with E-state index >= 15 is 0 Å². The molecule has 1 aliphatic rings. The Morgan fingerprint density at radius 3 is 2.33 bits per heavy atom. The van der Waals surface area contributed by atoms with E-state index in [1.807, 2.05) is 0 Å². The van der Waals surface area contributed by atoms with Crippen molar-refractivity contribution >= 4 is 11.7 Å². The Hall–Kier alpha value is -3.05. The van der Waals surface area contributed by atoms with Crippen molar-refractivity contribution in [1.82, 2.24) is 20.1 Å². The van der Waals surface area contributed by atoms with Crippen LogP contribution >= 0.6 is 0 Å². The molecule has 0 atom stereocenters. The van der Waals surface area contributed by atoms with Gasteiger partial charge in [0.25, 0.3) is 5.91 Å². The lowest BCUT2D eigenvalue weighted by Crippen LogP contribution is -2.43. The van der Waals surface area contributed by atoms with E-state index in [2.05, 4.69) is 15.6 Å². The summed E-state index contributed by atoms with van der Waals surface area (Å²) in [6.07, 6.45) is -8.83. The molecule has 1 aromatic heterocycles.